The summed E-state index contributed by atoms with van der Waals surface area (Å²) in [6.45, 7) is 6.62. The van der Waals surface area contributed by atoms with Crippen LogP contribution in [0.4, 0.5) is 5.82 Å². The van der Waals surface area contributed by atoms with Crippen LogP contribution in [-0.2, 0) is 13.6 Å². The molecule has 1 saturated heterocycles. The van der Waals surface area contributed by atoms with E-state index in [-0.39, 0.29) is 6.10 Å². The Balaban J connectivity index is 1.44. The minimum Gasteiger partial charge on any atom is -0.471 e. The first-order chi connectivity index (χ1) is 14.7. The first-order valence-corrected chi connectivity index (χ1v) is 10.2. The van der Waals surface area contributed by atoms with Crippen LogP contribution in [0.5, 0.6) is 5.88 Å². The van der Waals surface area contributed by atoms with E-state index in [1.165, 1.54) is 6.33 Å². The molecule has 5 heterocycles. The highest BCUT2D eigenvalue weighted by atomic mass is 16.5. The fraction of sp³-hybridized carbons (Fsp3) is 0.381. The van der Waals surface area contributed by atoms with Gasteiger partial charge in [0.25, 0.3) is 0 Å². The van der Waals surface area contributed by atoms with E-state index in [9.17, 15) is 0 Å². The van der Waals surface area contributed by atoms with E-state index in [4.69, 9.17) is 9.72 Å². The Morgan fingerprint density at radius 1 is 1.20 bits per heavy atom. The first-order valence-electron chi connectivity index (χ1n) is 10.2. The summed E-state index contributed by atoms with van der Waals surface area (Å²) in [5.41, 5.74) is 3.49. The molecule has 1 aliphatic heterocycles. The van der Waals surface area contributed by atoms with Crippen molar-refractivity contribution in [3.8, 4) is 17.3 Å². The predicted molar refractivity (Wildman–Crippen MR) is 113 cm³/mol. The zero-order valence-corrected chi connectivity index (χ0v) is 17.4. The number of hydrogen-bond acceptors (Lipinski definition) is 7. The second-order valence-electron chi connectivity index (χ2n) is 7.47. The third-order valence-electron chi connectivity index (χ3n) is 5.66. The average molecular weight is 404 g/mol. The number of hydrogen-bond donors (Lipinski definition) is 0. The van der Waals surface area contributed by atoms with Gasteiger partial charge in [-0.1, -0.05) is 6.07 Å². The minimum absolute atomic E-state index is 0.0279. The standard InChI is InChI=1S/C21H24N8O/c1-4-29-14(2)16(11-25-29)19-26-18-20(27(19)3)23-13-24-21(18)30-15-8-10-28(12-15)17-7-5-6-9-22-17/h5-7,9,11,13,15H,4,8,10,12H2,1-3H3/t15-/m0/s1. The zero-order valence-electron chi connectivity index (χ0n) is 17.4. The van der Waals surface area contributed by atoms with Crippen LogP contribution in [0.1, 0.15) is 19.0 Å². The van der Waals surface area contributed by atoms with Gasteiger partial charge >= 0.3 is 0 Å². The number of aryl methyl sites for hydroxylation is 2. The van der Waals surface area contributed by atoms with Gasteiger partial charge in [-0.3, -0.25) is 4.68 Å². The molecule has 1 aliphatic rings. The Kier molecular flexibility index (Phi) is 4.57. The maximum Gasteiger partial charge on any atom is 0.245 e. The molecule has 9 nitrogen and oxygen atoms in total. The Morgan fingerprint density at radius 2 is 2.10 bits per heavy atom. The van der Waals surface area contributed by atoms with Gasteiger partial charge in [0.05, 0.1) is 18.3 Å². The lowest BCUT2D eigenvalue weighted by atomic mass is 10.2. The summed E-state index contributed by atoms with van der Waals surface area (Å²) < 4.78 is 10.2. The summed E-state index contributed by atoms with van der Waals surface area (Å²) in [4.78, 5) is 20.4. The lowest BCUT2D eigenvalue weighted by Gasteiger charge is -2.17. The number of nitrogens with zero attached hydrogens (tertiary/aromatic N) is 8. The Bertz CT molecular complexity index is 1180. The fourth-order valence-electron chi connectivity index (χ4n) is 4.02. The van der Waals surface area contributed by atoms with Crippen LogP contribution in [0.15, 0.2) is 36.9 Å². The van der Waals surface area contributed by atoms with Crippen molar-refractivity contribution in [2.75, 3.05) is 18.0 Å². The fourth-order valence-corrected chi connectivity index (χ4v) is 4.02. The molecule has 1 fully saturated rings. The highest BCUT2D eigenvalue weighted by Crippen LogP contribution is 2.30. The molecule has 1 atom stereocenters. The van der Waals surface area contributed by atoms with Gasteiger partial charge in [-0.15, -0.1) is 0 Å². The van der Waals surface area contributed by atoms with E-state index < -0.39 is 0 Å². The molecule has 0 aromatic carbocycles. The van der Waals surface area contributed by atoms with Crippen molar-refractivity contribution < 1.29 is 4.74 Å². The van der Waals surface area contributed by atoms with E-state index in [0.29, 0.717) is 11.4 Å². The van der Waals surface area contributed by atoms with Gasteiger partial charge in [0, 0.05) is 38.4 Å². The molecule has 0 spiro atoms. The summed E-state index contributed by atoms with van der Waals surface area (Å²) >= 11 is 0. The van der Waals surface area contributed by atoms with E-state index in [1.54, 1.807) is 0 Å². The number of aromatic nitrogens is 7. The zero-order chi connectivity index (χ0) is 20.7. The Hall–Kier alpha value is -3.49. The smallest absolute Gasteiger partial charge is 0.245 e. The van der Waals surface area contributed by atoms with Gasteiger partial charge in [-0.25, -0.2) is 15.0 Å². The summed E-state index contributed by atoms with van der Waals surface area (Å²) in [6, 6.07) is 5.95. The molecule has 154 valence electrons. The van der Waals surface area contributed by atoms with Crippen LogP contribution in [0.25, 0.3) is 22.6 Å². The van der Waals surface area contributed by atoms with Crippen molar-refractivity contribution in [2.45, 2.75) is 32.9 Å². The third-order valence-corrected chi connectivity index (χ3v) is 5.66. The van der Waals surface area contributed by atoms with Gasteiger partial charge < -0.3 is 14.2 Å². The topological polar surface area (TPSA) is 86.8 Å². The molecule has 30 heavy (non-hydrogen) atoms. The van der Waals surface area contributed by atoms with Crippen LogP contribution in [0, 0.1) is 6.92 Å². The van der Waals surface area contributed by atoms with Gasteiger partial charge in [0.1, 0.15) is 24.1 Å². The summed E-state index contributed by atoms with van der Waals surface area (Å²) in [5.74, 6) is 2.31. The van der Waals surface area contributed by atoms with Crippen LogP contribution >= 0.6 is 0 Å². The van der Waals surface area contributed by atoms with E-state index in [2.05, 4.69) is 38.8 Å². The number of rotatable bonds is 5. The minimum atomic E-state index is 0.0279. The lowest BCUT2D eigenvalue weighted by molar-refractivity contribution is 0.218. The van der Waals surface area contributed by atoms with Crippen molar-refractivity contribution in [3.63, 3.8) is 0 Å². The molecule has 0 amide bonds. The number of pyridine rings is 1. The molecule has 0 saturated carbocycles. The SMILES string of the molecule is CCn1ncc(-c2nc3c(O[C@H]4CCN(c5ccccn5)C4)ncnc3n2C)c1C. The molecular weight excluding hydrogens is 380 g/mol. The second-order valence-corrected chi connectivity index (χ2v) is 7.47. The quantitative estimate of drug-likeness (QED) is 0.505. The Labute approximate surface area is 174 Å². The molecular formula is C21H24N8O. The van der Waals surface area contributed by atoms with Crippen LogP contribution in [0.2, 0.25) is 0 Å². The summed E-state index contributed by atoms with van der Waals surface area (Å²) in [6.07, 6.45) is 6.15. The lowest BCUT2D eigenvalue weighted by Crippen LogP contribution is -2.25. The second kappa shape index (κ2) is 7.40. The number of fused-ring (bicyclic) bond motifs is 1. The number of anilines is 1. The van der Waals surface area contributed by atoms with Gasteiger partial charge in [-0.05, 0) is 26.0 Å². The van der Waals surface area contributed by atoms with E-state index in [1.807, 2.05) is 46.9 Å². The summed E-state index contributed by atoms with van der Waals surface area (Å²) in [5, 5.41) is 4.45. The maximum atomic E-state index is 6.28. The van der Waals surface area contributed by atoms with Crippen molar-refractivity contribution in [2.24, 2.45) is 7.05 Å². The van der Waals surface area contributed by atoms with E-state index >= 15 is 0 Å². The molecule has 0 radical (unpaired) electrons. The van der Waals surface area contributed by atoms with E-state index in [0.717, 1.165) is 54.6 Å². The summed E-state index contributed by atoms with van der Waals surface area (Å²) in [7, 11) is 1.96. The third kappa shape index (κ3) is 3.06. The average Bonchev–Trinajstić information content (AvgIpc) is 3.47. The van der Waals surface area contributed by atoms with Crippen molar-refractivity contribution >= 4 is 17.0 Å². The first kappa shape index (κ1) is 18.5. The molecule has 4 aromatic rings. The van der Waals surface area contributed by atoms with Crippen molar-refractivity contribution in [3.05, 3.63) is 42.6 Å². The number of ether oxygens (including phenoxy) is 1. The molecule has 5 rings (SSSR count). The Morgan fingerprint density at radius 3 is 2.87 bits per heavy atom. The molecule has 0 aliphatic carbocycles. The highest BCUT2D eigenvalue weighted by molar-refractivity contribution is 5.81. The van der Waals surface area contributed by atoms with Crippen LogP contribution in [-0.4, -0.2) is 53.5 Å². The van der Waals surface area contributed by atoms with Crippen LogP contribution in [0.3, 0.4) is 0 Å². The molecule has 0 N–H and O–H groups in total. The normalized spacial score (nSPS) is 16.5. The number of imidazole rings is 1. The molecule has 9 heteroatoms. The van der Waals surface area contributed by atoms with Gasteiger partial charge in [0.15, 0.2) is 11.2 Å². The predicted octanol–water partition coefficient (Wildman–Crippen LogP) is 2.61. The monoisotopic (exact) mass is 404 g/mol. The largest absolute Gasteiger partial charge is 0.471 e. The maximum absolute atomic E-state index is 6.28. The van der Waals surface area contributed by atoms with Crippen molar-refractivity contribution in [1.29, 1.82) is 0 Å². The van der Waals surface area contributed by atoms with Gasteiger partial charge in [0.2, 0.25) is 5.88 Å². The van der Waals surface area contributed by atoms with Gasteiger partial charge in [-0.2, -0.15) is 10.1 Å². The molecule has 0 bridgehead atoms. The highest BCUT2D eigenvalue weighted by Gasteiger charge is 2.27. The molecule has 0 unspecified atom stereocenters. The van der Waals surface area contributed by atoms with Crippen molar-refractivity contribution in [1.82, 2.24) is 34.3 Å². The van der Waals surface area contributed by atoms with Crippen LogP contribution < -0.4 is 9.64 Å². The molecule has 4 aromatic heterocycles.